The number of hydrogen-bond acceptors (Lipinski definition) is 5. The lowest BCUT2D eigenvalue weighted by atomic mass is 10.1. The van der Waals surface area contributed by atoms with Crippen LogP contribution in [0, 0.1) is 0 Å². The summed E-state index contributed by atoms with van der Waals surface area (Å²) in [5, 5.41) is 9.01. The van der Waals surface area contributed by atoms with Gasteiger partial charge in [0, 0.05) is 19.1 Å². The number of morpholine rings is 1. The first kappa shape index (κ1) is 18.7. The summed E-state index contributed by atoms with van der Waals surface area (Å²) in [6.45, 7) is 3.85. The lowest BCUT2D eigenvalue weighted by Gasteiger charge is -2.29. The molecule has 0 aromatic heterocycles. The molecule has 3 rings (SSSR count). The summed E-state index contributed by atoms with van der Waals surface area (Å²) in [4.78, 5) is 23.8. The van der Waals surface area contributed by atoms with E-state index in [0.29, 0.717) is 31.5 Å². The van der Waals surface area contributed by atoms with Crippen LogP contribution in [0.3, 0.4) is 0 Å². The summed E-state index contributed by atoms with van der Waals surface area (Å²) < 4.78 is 11.0. The fourth-order valence-electron chi connectivity index (χ4n) is 2.87. The maximum absolute atomic E-state index is 12.2. The Morgan fingerprint density at radius 2 is 2.04 bits per heavy atom. The third-order valence-corrected chi connectivity index (χ3v) is 4.55. The number of carbonyl (C=O) groups is 2. The monoisotopic (exact) mass is 361 g/mol. The Kier molecular flexibility index (Phi) is 6.46. The Balaban J connectivity index is 1.35. The molecule has 26 heavy (non-hydrogen) atoms. The first-order valence-electron chi connectivity index (χ1n) is 9.25. The normalized spacial score (nSPS) is 22.5. The van der Waals surface area contributed by atoms with E-state index in [1.54, 1.807) is 0 Å². The molecule has 142 valence electrons. The average Bonchev–Trinajstić information content (AvgIpc) is 3.45. The topological polar surface area (TPSA) is 88.7 Å². The lowest BCUT2D eigenvalue weighted by molar-refractivity contribution is -0.129. The average molecular weight is 361 g/mol. The zero-order chi connectivity index (χ0) is 18.4. The molecule has 2 atom stereocenters. The minimum Gasteiger partial charge on any atom is -0.484 e. The van der Waals surface area contributed by atoms with Crippen LogP contribution in [0.2, 0.25) is 0 Å². The number of carbonyl (C=O) groups excluding carboxylic acids is 2. The molecule has 1 aromatic carbocycles. The highest BCUT2D eigenvalue weighted by molar-refractivity contribution is 5.82. The molecule has 2 fully saturated rings. The van der Waals surface area contributed by atoms with Crippen molar-refractivity contribution in [3.63, 3.8) is 0 Å². The number of ether oxygens (including phenoxy) is 2. The number of benzene rings is 1. The van der Waals surface area contributed by atoms with Gasteiger partial charge in [-0.15, -0.1) is 0 Å². The SMILES string of the molecule is C[C@H]1OCCN[C@@H]1C(=O)NCCc1ccc(OCC(=O)NC2CC2)cc1. The summed E-state index contributed by atoms with van der Waals surface area (Å²) in [5.74, 6) is 0.564. The van der Waals surface area contributed by atoms with Gasteiger partial charge in [-0.2, -0.15) is 0 Å². The second-order valence-corrected chi connectivity index (χ2v) is 6.82. The molecule has 2 aliphatic rings. The Bertz CT molecular complexity index is 616. The van der Waals surface area contributed by atoms with Crippen molar-refractivity contribution >= 4 is 11.8 Å². The predicted octanol–water partition coefficient (Wildman–Crippen LogP) is 0.380. The van der Waals surface area contributed by atoms with E-state index in [-0.39, 0.29) is 30.6 Å². The maximum atomic E-state index is 12.2. The molecule has 1 aliphatic carbocycles. The number of amides is 2. The number of nitrogens with one attached hydrogen (secondary N) is 3. The molecule has 0 unspecified atom stereocenters. The molecule has 1 saturated carbocycles. The smallest absolute Gasteiger partial charge is 0.258 e. The minimum atomic E-state index is -0.290. The van der Waals surface area contributed by atoms with Crippen LogP contribution in [-0.2, 0) is 20.7 Å². The van der Waals surface area contributed by atoms with Crippen molar-refractivity contribution in [2.75, 3.05) is 26.3 Å². The van der Waals surface area contributed by atoms with Gasteiger partial charge in [0.25, 0.3) is 5.91 Å². The molecular weight excluding hydrogens is 334 g/mol. The first-order valence-corrected chi connectivity index (χ1v) is 9.25. The summed E-state index contributed by atoms with van der Waals surface area (Å²) in [5.41, 5.74) is 1.10. The van der Waals surface area contributed by atoms with Crippen LogP contribution in [0.4, 0.5) is 0 Å². The van der Waals surface area contributed by atoms with Crippen LogP contribution in [0.5, 0.6) is 5.75 Å². The van der Waals surface area contributed by atoms with Crippen molar-refractivity contribution in [2.24, 2.45) is 0 Å². The second-order valence-electron chi connectivity index (χ2n) is 6.82. The molecule has 1 saturated heterocycles. The molecule has 7 nitrogen and oxygen atoms in total. The summed E-state index contributed by atoms with van der Waals surface area (Å²) in [6, 6.07) is 7.65. The van der Waals surface area contributed by atoms with E-state index < -0.39 is 0 Å². The zero-order valence-electron chi connectivity index (χ0n) is 15.1. The fraction of sp³-hybridized carbons (Fsp3) is 0.579. The molecule has 3 N–H and O–H groups in total. The van der Waals surface area contributed by atoms with Crippen LogP contribution in [0.25, 0.3) is 0 Å². The van der Waals surface area contributed by atoms with E-state index in [9.17, 15) is 9.59 Å². The van der Waals surface area contributed by atoms with Crippen molar-refractivity contribution in [2.45, 2.75) is 44.4 Å². The first-order chi connectivity index (χ1) is 12.6. The number of rotatable bonds is 8. The largest absolute Gasteiger partial charge is 0.484 e. The third kappa shape index (κ3) is 5.71. The van der Waals surface area contributed by atoms with Crippen molar-refractivity contribution < 1.29 is 19.1 Å². The van der Waals surface area contributed by atoms with E-state index in [4.69, 9.17) is 9.47 Å². The zero-order valence-corrected chi connectivity index (χ0v) is 15.1. The van der Waals surface area contributed by atoms with Crippen LogP contribution in [-0.4, -0.2) is 56.3 Å². The molecule has 1 aromatic rings. The summed E-state index contributed by atoms with van der Waals surface area (Å²) >= 11 is 0. The van der Waals surface area contributed by atoms with Gasteiger partial charge in [0.1, 0.15) is 11.8 Å². The van der Waals surface area contributed by atoms with Crippen LogP contribution >= 0.6 is 0 Å². The van der Waals surface area contributed by atoms with Crippen molar-refractivity contribution in [3.8, 4) is 5.75 Å². The van der Waals surface area contributed by atoms with Gasteiger partial charge in [-0.05, 0) is 43.9 Å². The van der Waals surface area contributed by atoms with Crippen molar-refractivity contribution in [1.82, 2.24) is 16.0 Å². The highest BCUT2D eigenvalue weighted by Crippen LogP contribution is 2.18. The standard InChI is InChI=1S/C19H27N3O4/c1-13-18(20-10-11-25-13)19(24)21-9-8-14-2-6-16(7-3-14)26-12-17(23)22-15-4-5-15/h2-3,6-7,13,15,18,20H,4-5,8-12H2,1H3,(H,21,24)(H,22,23)/t13-,18+/m1/s1. The number of hydrogen-bond donors (Lipinski definition) is 3. The molecule has 0 spiro atoms. The van der Waals surface area contributed by atoms with E-state index in [1.807, 2.05) is 31.2 Å². The maximum Gasteiger partial charge on any atom is 0.258 e. The van der Waals surface area contributed by atoms with Gasteiger partial charge in [0.2, 0.25) is 5.91 Å². The van der Waals surface area contributed by atoms with E-state index in [0.717, 1.165) is 24.8 Å². The predicted molar refractivity (Wildman–Crippen MR) is 97.0 cm³/mol. The van der Waals surface area contributed by atoms with E-state index >= 15 is 0 Å². The highest BCUT2D eigenvalue weighted by Gasteiger charge is 2.27. The Hall–Kier alpha value is -2.12. The second kappa shape index (κ2) is 9.00. The van der Waals surface area contributed by atoms with Gasteiger partial charge >= 0.3 is 0 Å². The van der Waals surface area contributed by atoms with Crippen LogP contribution in [0.1, 0.15) is 25.3 Å². The fourth-order valence-corrected chi connectivity index (χ4v) is 2.87. The summed E-state index contributed by atoms with van der Waals surface area (Å²) in [6.07, 6.45) is 2.76. The lowest BCUT2D eigenvalue weighted by Crippen LogP contribution is -2.55. The Morgan fingerprint density at radius 3 is 2.73 bits per heavy atom. The molecule has 2 amide bonds. The van der Waals surface area contributed by atoms with Gasteiger partial charge in [-0.25, -0.2) is 0 Å². The highest BCUT2D eigenvalue weighted by atomic mass is 16.5. The Morgan fingerprint density at radius 1 is 1.27 bits per heavy atom. The van der Waals surface area contributed by atoms with E-state index in [1.165, 1.54) is 0 Å². The third-order valence-electron chi connectivity index (χ3n) is 4.55. The van der Waals surface area contributed by atoms with Gasteiger partial charge < -0.3 is 25.4 Å². The van der Waals surface area contributed by atoms with E-state index in [2.05, 4.69) is 16.0 Å². The van der Waals surface area contributed by atoms with Crippen molar-refractivity contribution in [1.29, 1.82) is 0 Å². The summed E-state index contributed by atoms with van der Waals surface area (Å²) in [7, 11) is 0. The van der Waals surface area contributed by atoms with Crippen molar-refractivity contribution in [3.05, 3.63) is 29.8 Å². The van der Waals surface area contributed by atoms with Crippen LogP contribution in [0.15, 0.2) is 24.3 Å². The Labute approximate surface area is 153 Å². The van der Waals surface area contributed by atoms with Gasteiger partial charge in [0.15, 0.2) is 6.61 Å². The minimum absolute atomic E-state index is 0.0289. The molecule has 1 aliphatic heterocycles. The van der Waals surface area contributed by atoms with Gasteiger partial charge in [0.05, 0.1) is 12.7 Å². The van der Waals surface area contributed by atoms with Gasteiger partial charge in [-0.1, -0.05) is 12.1 Å². The molecule has 0 bridgehead atoms. The quantitative estimate of drug-likeness (QED) is 0.623. The molecule has 1 heterocycles. The molecule has 7 heteroatoms. The molecular formula is C19H27N3O4. The van der Waals surface area contributed by atoms with Gasteiger partial charge in [-0.3, -0.25) is 9.59 Å². The van der Waals surface area contributed by atoms with Crippen LogP contribution < -0.4 is 20.7 Å². The molecule has 0 radical (unpaired) electrons.